The standard InChI is InChI=1S/C14H22ClNO/c1-10(2)16-9-11-12(15)7-6-8-13(11)17-14(3,4)5/h6-8,10,16H,9H2,1-5H3. The second-order valence-electron chi connectivity index (χ2n) is 5.47. The Hall–Kier alpha value is -0.730. The van der Waals surface area contributed by atoms with Crippen molar-refractivity contribution in [3.63, 3.8) is 0 Å². The maximum Gasteiger partial charge on any atom is 0.126 e. The van der Waals surface area contributed by atoms with E-state index in [-0.39, 0.29) is 5.60 Å². The highest BCUT2D eigenvalue weighted by Crippen LogP contribution is 2.29. The molecule has 0 aromatic heterocycles. The lowest BCUT2D eigenvalue weighted by molar-refractivity contribution is 0.129. The monoisotopic (exact) mass is 255 g/mol. The van der Waals surface area contributed by atoms with Crippen LogP contribution < -0.4 is 10.1 Å². The summed E-state index contributed by atoms with van der Waals surface area (Å²) in [5.74, 6) is 0.859. The van der Waals surface area contributed by atoms with Crippen LogP contribution in [-0.4, -0.2) is 11.6 Å². The SMILES string of the molecule is CC(C)NCc1c(Cl)cccc1OC(C)(C)C. The largest absolute Gasteiger partial charge is 0.488 e. The molecule has 0 fully saturated rings. The second kappa shape index (κ2) is 5.74. The van der Waals surface area contributed by atoms with E-state index in [1.807, 2.05) is 39.0 Å². The van der Waals surface area contributed by atoms with Crippen molar-refractivity contribution in [2.24, 2.45) is 0 Å². The fourth-order valence-corrected chi connectivity index (χ4v) is 1.67. The van der Waals surface area contributed by atoms with Gasteiger partial charge in [0.15, 0.2) is 0 Å². The van der Waals surface area contributed by atoms with Gasteiger partial charge >= 0.3 is 0 Å². The van der Waals surface area contributed by atoms with Crippen molar-refractivity contribution in [1.29, 1.82) is 0 Å². The van der Waals surface area contributed by atoms with Crippen LogP contribution in [0.2, 0.25) is 5.02 Å². The van der Waals surface area contributed by atoms with Crippen molar-refractivity contribution in [3.8, 4) is 5.75 Å². The lowest BCUT2D eigenvalue weighted by atomic mass is 10.1. The van der Waals surface area contributed by atoms with Crippen molar-refractivity contribution in [3.05, 3.63) is 28.8 Å². The molecule has 2 nitrogen and oxygen atoms in total. The molecule has 1 aromatic carbocycles. The normalized spacial score (nSPS) is 11.9. The van der Waals surface area contributed by atoms with Gasteiger partial charge in [-0.3, -0.25) is 0 Å². The predicted molar refractivity (Wildman–Crippen MR) is 73.8 cm³/mol. The second-order valence-corrected chi connectivity index (χ2v) is 5.87. The maximum atomic E-state index is 6.22. The van der Waals surface area contributed by atoms with E-state index in [4.69, 9.17) is 16.3 Å². The van der Waals surface area contributed by atoms with Gasteiger partial charge in [0.25, 0.3) is 0 Å². The van der Waals surface area contributed by atoms with E-state index < -0.39 is 0 Å². The summed E-state index contributed by atoms with van der Waals surface area (Å²) in [5, 5.41) is 4.11. The molecular weight excluding hydrogens is 234 g/mol. The Labute approximate surface area is 109 Å². The van der Waals surface area contributed by atoms with E-state index in [1.165, 1.54) is 0 Å². The summed E-state index contributed by atoms with van der Waals surface area (Å²) < 4.78 is 5.92. The zero-order valence-electron chi connectivity index (χ0n) is 11.3. The van der Waals surface area contributed by atoms with Gasteiger partial charge in [-0.25, -0.2) is 0 Å². The first kappa shape index (κ1) is 14.3. The van der Waals surface area contributed by atoms with Crippen LogP contribution in [0, 0.1) is 0 Å². The van der Waals surface area contributed by atoms with Crippen LogP contribution in [0.15, 0.2) is 18.2 Å². The molecule has 0 spiro atoms. The molecule has 0 heterocycles. The number of hydrogen-bond acceptors (Lipinski definition) is 2. The number of nitrogens with one attached hydrogen (secondary N) is 1. The minimum Gasteiger partial charge on any atom is -0.488 e. The van der Waals surface area contributed by atoms with E-state index in [1.54, 1.807) is 0 Å². The van der Waals surface area contributed by atoms with Gasteiger partial charge in [-0.15, -0.1) is 0 Å². The van der Waals surface area contributed by atoms with E-state index in [0.717, 1.165) is 22.9 Å². The molecule has 0 radical (unpaired) electrons. The maximum absolute atomic E-state index is 6.22. The van der Waals surface area contributed by atoms with Crippen LogP contribution in [0.4, 0.5) is 0 Å². The summed E-state index contributed by atoms with van der Waals surface area (Å²) in [4.78, 5) is 0. The topological polar surface area (TPSA) is 21.3 Å². The summed E-state index contributed by atoms with van der Waals surface area (Å²) in [6.45, 7) is 11.1. The number of benzene rings is 1. The lowest BCUT2D eigenvalue weighted by Crippen LogP contribution is -2.26. The molecule has 96 valence electrons. The lowest BCUT2D eigenvalue weighted by Gasteiger charge is -2.24. The van der Waals surface area contributed by atoms with Crippen LogP contribution in [0.5, 0.6) is 5.75 Å². The first-order valence-corrected chi connectivity index (χ1v) is 6.37. The highest BCUT2D eigenvalue weighted by Gasteiger charge is 2.16. The number of hydrogen-bond donors (Lipinski definition) is 1. The first-order chi connectivity index (χ1) is 7.79. The zero-order chi connectivity index (χ0) is 13.1. The van der Waals surface area contributed by atoms with Crippen LogP contribution in [0.3, 0.4) is 0 Å². The van der Waals surface area contributed by atoms with Gasteiger partial charge in [0.05, 0.1) is 0 Å². The Morgan fingerprint density at radius 2 is 1.94 bits per heavy atom. The van der Waals surface area contributed by atoms with Crippen molar-refractivity contribution < 1.29 is 4.74 Å². The molecule has 17 heavy (non-hydrogen) atoms. The molecule has 1 aromatic rings. The molecule has 0 aliphatic heterocycles. The summed E-state index contributed by atoms with van der Waals surface area (Å²) in [7, 11) is 0. The molecular formula is C14H22ClNO. The van der Waals surface area contributed by atoms with Gasteiger partial charge in [0.1, 0.15) is 11.4 Å². The molecule has 0 unspecified atom stereocenters. The molecule has 0 saturated carbocycles. The average Bonchev–Trinajstić information content (AvgIpc) is 2.13. The number of halogens is 1. The van der Waals surface area contributed by atoms with Gasteiger partial charge in [-0.1, -0.05) is 31.5 Å². The number of rotatable bonds is 4. The Balaban J connectivity index is 2.92. The first-order valence-electron chi connectivity index (χ1n) is 5.99. The van der Waals surface area contributed by atoms with Gasteiger partial charge < -0.3 is 10.1 Å². The van der Waals surface area contributed by atoms with Crippen molar-refractivity contribution >= 4 is 11.6 Å². The van der Waals surface area contributed by atoms with Crippen LogP contribution in [0.1, 0.15) is 40.2 Å². The van der Waals surface area contributed by atoms with Gasteiger partial charge in [-0.05, 0) is 32.9 Å². The Morgan fingerprint density at radius 1 is 1.29 bits per heavy atom. The van der Waals surface area contributed by atoms with Crippen LogP contribution >= 0.6 is 11.6 Å². The molecule has 0 saturated heterocycles. The van der Waals surface area contributed by atoms with E-state index in [2.05, 4.69) is 19.2 Å². The van der Waals surface area contributed by atoms with Crippen molar-refractivity contribution in [1.82, 2.24) is 5.32 Å². The summed E-state index contributed by atoms with van der Waals surface area (Å²) in [6, 6.07) is 6.21. The number of ether oxygens (including phenoxy) is 1. The highest BCUT2D eigenvalue weighted by molar-refractivity contribution is 6.31. The Morgan fingerprint density at radius 3 is 2.47 bits per heavy atom. The summed E-state index contributed by atoms with van der Waals surface area (Å²) in [5.41, 5.74) is 0.815. The fourth-order valence-electron chi connectivity index (χ4n) is 1.44. The molecule has 0 aliphatic carbocycles. The quantitative estimate of drug-likeness (QED) is 0.878. The molecule has 0 aliphatic rings. The predicted octanol–water partition coefficient (Wildman–Crippen LogP) is 4.02. The zero-order valence-corrected chi connectivity index (χ0v) is 12.1. The summed E-state index contributed by atoms with van der Waals surface area (Å²) >= 11 is 6.22. The minimum atomic E-state index is -0.211. The van der Waals surface area contributed by atoms with E-state index in [0.29, 0.717) is 6.04 Å². The van der Waals surface area contributed by atoms with Crippen molar-refractivity contribution in [2.75, 3.05) is 0 Å². The van der Waals surface area contributed by atoms with E-state index in [9.17, 15) is 0 Å². The van der Waals surface area contributed by atoms with Crippen molar-refractivity contribution in [2.45, 2.75) is 52.8 Å². The fraction of sp³-hybridized carbons (Fsp3) is 0.571. The Kier molecular flexibility index (Phi) is 4.84. The smallest absolute Gasteiger partial charge is 0.126 e. The molecule has 0 atom stereocenters. The van der Waals surface area contributed by atoms with Gasteiger partial charge in [-0.2, -0.15) is 0 Å². The van der Waals surface area contributed by atoms with Crippen LogP contribution in [-0.2, 0) is 6.54 Å². The van der Waals surface area contributed by atoms with E-state index >= 15 is 0 Å². The van der Waals surface area contributed by atoms with Crippen LogP contribution in [0.25, 0.3) is 0 Å². The van der Waals surface area contributed by atoms with Gasteiger partial charge in [0.2, 0.25) is 0 Å². The third-order valence-electron chi connectivity index (χ3n) is 2.18. The Bertz CT molecular complexity index is 369. The minimum absolute atomic E-state index is 0.211. The molecule has 1 rings (SSSR count). The molecule has 0 bridgehead atoms. The molecule has 0 amide bonds. The average molecular weight is 256 g/mol. The van der Waals surface area contributed by atoms with Gasteiger partial charge in [0, 0.05) is 23.2 Å². The third-order valence-corrected chi connectivity index (χ3v) is 2.53. The molecule has 3 heteroatoms. The highest BCUT2D eigenvalue weighted by atomic mass is 35.5. The molecule has 1 N–H and O–H groups in total. The third kappa shape index (κ3) is 4.97. The summed E-state index contributed by atoms with van der Waals surface area (Å²) in [6.07, 6.45) is 0.